The molecule has 0 aromatic carbocycles. The highest BCUT2D eigenvalue weighted by Crippen LogP contribution is 2.35. The first-order valence-electron chi connectivity index (χ1n) is 5.15. The molecule has 0 amide bonds. The normalized spacial score (nSPS) is 13.4. The lowest BCUT2D eigenvalue weighted by molar-refractivity contribution is -0.321. The largest absolute Gasteiger partial charge is 0.423 e. The van der Waals surface area contributed by atoms with Gasteiger partial charge in [-0.15, -0.1) is 0 Å². The molecule has 0 saturated heterocycles. The number of rotatable bonds is 7. The fourth-order valence-corrected chi connectivity index (χ4v) is 1.05. The van der Waals surface area contributed by atoms with E-state index in [1.54, 1.807) is 0 Å². The standard InChI is InChI=1S/C9H15F6NO/c1-2-3-4-16-5-6-17-7(8(10,11)12)9(13,14)15/h7,16H,2-6H2,1H3. The molecule has 0 aromatic rings. The van der Waals surface area contributed by atoms with Crippen molar-refractivity contribution in [3.05, 3.63) is 0 Å². The lowest BCUT2D eigenvalue weighted by Gasteiger charge is -2.23. The smallest absolute Gasteiger partial charge is 0.360 e. The van der Waals surface area contributed by atoms with Crippen molar-refractivity contribution in [1.29, 1.82) is 0 Å². The predicted molar refractivity (Wildman–Crippen MR) is 49.6 cm³/mol. The molecule has 0 bridgehead atoms. The van der Waals surface area contributed by atoms with Gasteiger partial charge in [0.25, 0.3) is 0 Å². The molecular weight excluding hydrogens is 252 g/mol. The Morgan fingerprint density at radius 2 is 1.53 bits per heavy atom. The van der Waals surface area contributed by atoms with Gasteiger partial charge in [-0.05, 0) is 13.0 Å². The van der Waals surface area contributed by atoms with Crippen LogP contribution in [-0.2, 0) is 4.74 Å². The van der Waals surface area contributed by atoms with Crippen molar-refractivity contribution < 1.29 is 31.1 Å². The Morgan fingerprint density at radius 1 is 1.00 bits per heavy atom. The zero-order valence-corrected chi connectivity index (χ0v) is 9.29. The Bertz CT molecular complexity index is 189. The van der Waals surface area contributed by atoms with E-state index in [1.165, 1.54) is 0 Å². The fourth-order valence-electron chi connectivity index (χ4n) is 1.05. The quantitative estimate of drug-likeness (QED) is 0.565. The summed E-state index contributed by atoms with van der Waals surface area (Å²) in [6.45, 7) is 1.79. The molecule has 8 heteroatoms. The van der Waals surface area contributed by atoms with E-state index in [4.69, 9.17) is 0 Å². The second-order valence-corrected chi connectivity index (χ2v) is 3.44. The van der Waals surface area contributed by atoms with Crippen LogP contribution in [-0.4, -0.2) is 38.2 Å². The topological polar surface area (TPSA) is 21.3 Å². The molecule has 0 saturated carbocycles. The van der Waals surface area contributed by atoms with Crippen molar-refractivity contribution in [2.75, 3.05) is 19.7 Å². The van der Waals surface area contributed by atoms with Crippen LogP contribution in [0.3, 0.4) is 0 Å². The zero-order valence-electron chi connectivity index (χ0n) is 9.29. The lowest BCUT2D eigenvalue weighted by atomic mass is 10.3. The Labute approximate surface area is 95.3 Å². The maximum absolute atomic E-state index is 12.0. The van der Waals surface area contributed by atoms with Gasteiger partial charge in [0.1, 0.15) is 0 Å². The van der Waals surface area contributed by atoms with Crippen LogP contribution in [0.4, 0.5) is 26.3 Å². The van der Waals surface area contributed by atoms with Crippen LogP contribution in [0.25, 0.3) is 0 Å². The number of hydrogen-bond acceptors (Lipinski definition) is 2. The summed E-state index contributed by atoms with van der Waals surface area (Å²) in [5.74, 6) is 0. The first-order chi connectivity index (χ1) is 7.69. The van der Waals surface area contributed by atoms with Crippen LogP contribution in [0, 0.1) is 0 Å². The molecule has 0 heterocycles. The molecule has 0 aromatic heterocycles. The van der Waals surface area contributed by atoms with Crippen LogP contribution in [0.5, 0.6) is 0 Å². The van der Waals surface area contributed by atoms with Gasteiger partial charge in [0, 0.05) is 6.54 Å². The Kier molecular flexibility index (Phi) is 6.84. The van der Waals surface area contributed by atoms with E-state index >= 15 is 0 Å². The molecule has 0 spiro atoms. The molecule has 0 aliphatic rings. The van der Waals surface area contributed by atoms with Crippen molar-refractivity contribution in [3.8, 4) is 0 Å². The highest BCUT2D eigenvalue weighted by atomic mass is 19.4. The molecule has 1 N–H and O–H groups in total. The van der Waals surface area contributed by atoms with Crippen LogP contribution in [0.15, 0.2) is 0 Å². The minimum absolute atomic E-state index is 0.0390. The van der Waals surface area contributed by atoms with Gasteiger partial charge in [-0.2, -0.15) is 26.3 Å². The average Bonchev–Trinajstić information content (AvgIpc) is 2.12. The van der Waals surface area contributed by atoms with E-state index in [2.05, 4.69) is 10.1 Å². The number of alkyl halides is 6. The molecule has 104 valence electrons. The molecule has 0 rings (SSSR count). The third-order valence-corrected chi connectivity index (χ3v) is 1.87. The summed E-state index contributed by atoms with van der Waals surface area (Å²) in [6, 6.07) is 0. The summed E-state index contributed by atoms with van der Waals surface area (Å²) < 4.78 is 75.7. The third-order valence-electron chi connectivity index (χ3n) is 1.87. The summed E-state index contributed by atoms with van der Waals surface area (Å²) in [6.07, 6.45) is -12.9. The summed E-state index contributed by atoms with van der Waals surface area (Å²) in [4.78, 5) is 0. The first-order valence-corrected chi connectivity index (χ1v) is 5.15. The molecule has 0 atom stereocenters. The van der Waals surface area contributed by atoms with Gasteiger partial charge < -0.3 is 10.1 Å². The number of unbranched alkanes of at least 4 members (excludes halogenated alkanes) is 1. The van der Waals surface area contributed by atoms with Crippen LogP contribution < -0.4 is 5.32 Å². The second-order valence-electron chi connectivity index (χ2n) is 3.44. The van der Waals surface area contributed by atoms with Gasteiger partial charge in [0.05, 0.1) is 6.61 Å². The van der Waals surface area contributed by atoms with Crippen molar-refractivity contribution in [2.24, 2.45) is 0 Å². The van der Waals surface area contributed by atoms with Gasteiger partial charge in [-0.1, -0.05) is 13.3 Å². The summed E-state index contributed by atoms with van der Waals surface area (Å²) >= 11 is 0. The summed E-state index contributed by atoms with van der Waals surface area (Å²) in [5.41, 5.74) is 0. The van der Waals surface area contributed by atoms with E-state index < -0.39 is 25.1 Å². The van der Waals surface area contributed by atoms with Crippen molar-refractivity contribution in [2.45, 2.75) is 38.2 Å². The minimum Gasteiger partial charge on any atom is -0.360 e. The molecule has 0 unspecified atom stereocenters. The zero-order chi connectivity index (χ0) is 13.5. The number of hydrogen-bond donors (Lipinski definition) is 1. The summed E-state index contributed by atoms with van der Waals surface area (Å²) in [7, 11) is 0. The molecule has 2 nitrogen and oxygen atoms in total. The maximum Gasteiger partial charge on any atom is 0.423 e. The van der Waals surface area contributed by atoms with Gasteiger partial charge >= 0.3 is 12.4 Å². The van der Waals surface area contributed by atoms with E-state index in [1.807, 2.05) is 6.92 Å². The second kappa shape index (κ2) is 7.05. The minimum atomic E-state index is -5.43. The number of ether oxygens (including phenoxy) is 1. The molecule has 0 aliphatic carbocycles. The lowest BCUT2D eigenvalue weighted by Crippen LogP contribution is -2.45. The molecular formula is C9H15F6NO. The predicted octanol–water partition coefficient (Wildman–Crippen LogP) is 2.89. The Balaban J connectivity index is 3.95. The molecule has 17 heavy (non-hydrogen) atoms. The number of halogens is 6. The van der Waals surface area contributed by atoms with Gasteiger partial charge in [-0.25, -0.2) is 0 Å². The SMILES string of the molecule is CCCCNCCOC(C(F)(F)F)C(F)(F)F. The maximum atomic E-state index is 12.0. The van der Waals surface area contributed by atoms with Gasteiger partial charge in [0.2, 0.25) is 6.10 Å². The van der Waals surface area contributed by atoms with E-state index in [-0.39, 0.29) is 6.54 Å². The third kappa shape index (κ3) is 7.43. The fraction of sp³-hybridized carbons (Fsp3) is 1.00. The van der Waals surface area contributed by atoms with Crippen LogP contribution >= 0.6 is 0 Å². The van der Waals surface area contributed by atoms with Crippen molar-refractivity contribution in [3.63, 3.8) is 0 Å². The molecule has 0 radical (unpaired) electrons. The molecule has 0 aliphatic heterocycles. The van der Waals surface area contributed by atoms with Gasteiger partial charge in [0.15, 0.2) is 0 Å². The number of nitrogens with one attached hydrogen (secondary N) is 1. The first kappa shape index (κ1) is 16.5. The molecule has 0 fully saturated rings. The van der Waals surface area contributed by atoms with Crippen LogP contribution in [0.2, 0.25) is 0 Å². The highest BCUT2D eigenvalue weighted by Gasteiger charge is 2.57. The Morgan fingerprint density at radius 3 is 1.94 bits per heavy atom. The monoisotopic (exact) mass is 267 g/mol. The van der Waals surface area contributed by atoms with Crippen LogP contribution in [0.1, 0.15) is 19.8 Å². The van der Waals surface area contributed by atoms with Crippen molar-refractivity contribution >= 4 is 0 Å². The highest BCUT2D eigenvalue weighted by molar-refractivity contribution is 4.76. The average molecular weight is 267 g/mol. The van der Waals surface area contributed by atoms with Crippen molar-refractivity contribution in [1.82, 2.24) is 5.32 Å². The summed E-state index contributed by atoms with van der Waals surface area (Å²) in [5, 5.41) is 2.68. The Hall–Kier alpha value is -0.500. The van der Waals surface area contributed by atoms with E-state index in [0.29, 0.717) is 6.54 Å². The van der Waals surface area contributed by atoms with E-state index in [9.17, 15) is 26.3 Å². The van der Waals surface area contributed by atoms with E-state index in [0.717, 1.165) is 12.8 Å². The van der Waals surface area contributed by atoms with Gasteiger partial charge in [-0.3, -0.25) is 0 Å².